The first-order chi connectivity index (χ1) is 10.2. The summed E-state index contributed by atoms with van der Waals surface area (Å²) in [4.78, 5) is 0. The van der Waals surface area contributed by atoms with Gasteiger partial charge in [0.25, 0.3) is 0 Å². The van der Waals surface area contributed by atoms with Gasteiger partial charge in [0.1, 0.15) is 0 Å². The fourth-order valence-electron chi connectivity index (χ4n) is 2.12. The first kappa shape index (κ1) is 15.4. The Bertz CT molecular complexity index is 552. The quantitative estimate of drug-likeness (QED) is 0.840. The lowest BCUT2D eigenvalue weighted by Gasteiger charge is -2.14. The SMILES string of the molecule is COc1cc(CNCc2ccccc2)ccc1OC(C)C. The molecule has 0 aromatic heterocycles. The first-order valence-corrected chi connectivity index (χ1v) is 7.27. The van der Waals surface area contributed by atoms with Crippen LogP contribution in [-0.4, -0.2) is 13.2 Å². The van der Waals surface area contributed by atoms with E-state index in [1.165, 1.54) is 11.1 Å². The second-order valence-electron chi connectivity index (χ2n) is 5.24. The van der Waals surface area contributed by atoms with Crippen molar-refractivity contribution >= 4 is 0 Å². The summed E-state index contributed by atoms with van der Waals surface area (Å²) in [5, 5.41) is 3.43. The molecule has 0 aliphatic carbocycles. The van der Waals surface area contributed by atoms with Gasteiger partial charge >= 0.3 is 0 Å². The molecule has 0 aliphatic rings. The molecule has 0 aliphatic heterocycles. The van der Waals surface area contributed by atoms with Crippen LogP contribution in [0.1, 0.15) is 25.0 Å². The third-order valence-corrected chi connectivity index (χ3v) is 3.09. The zero-order chi connectivity index (χ0) is 15.1. The normalized spacial score (nSPS) is 10.7. The molecule has 0 atom stereocenters. The molecule has 0 bridgehead atoms. The molecule has 0 heterocycles. The van der Waals surface area contributed by atoms with Crippen LogP contribution >= 0.6 is 0 Å². The highest BCUT2D eigenvalue weighted by Gasteiger charge is 2.07. The Morgan fingerprint density at radius 1 is 0.905 bits per heavy atom. The lowest BCUT2D eigenvalue weighted by atomic mass is 10.2. The Hall–Kier alpha value is -2.00. The molecule has 0 unspecified atom stereocenters. The Morgan fingerprint density at radius 2 is 1.62 bits per heavy atom. The highest BCUT2D eigenvalue weighted by Crippen LogP contribution is 2.28. The second kappa shape index (κ2) is 7.70. The van der Waals surface area contributed by atoms with Crippen LogP contribution in [0.2, 0.25) is 0 Å². The van der Waals surface area contributed by atoms with E-state index in [2.05, 4.69) is 35.6 Å². The van der Waals surface area contributed by atoms with Gasteiger partial charge in [-0.2, -0.15) is 0 Å². The van der Waals surface area contributed by atoms with E-state index in [1.54, 1.807) is 7.11 Å². The number of rotatable bonds is 7. The zero-order valence-corrected chi connectivity index (χ0v) is 12.9. The fourth-order valence-corrected chi connectivity index (χ4v) is 2.12. The fraction of sp³-hybridized carbons (Fsp3) is 0.333. The Labute approximate surface area is 126 Å². The van der Waals surface area contributed by atoms with Crippen LogP contribution in [0, 0.1) is 0 Å². The lowest BCUT2D eigenvalue weighted by Crippen LogP contribution is -2.13. The average Bonchev–Trinajstić information content (AvgIpc) is 2.49. The van der Waals surface area contributed by atoms with Crippen molar-refractivity contribution in [1.82, 2.24) is 5.32 Å². The number of methoxy groups -OCH3 is 1. The average molecular weight is 285 g/mol. The Balaban J connectivity index is 1.94. The van der Waals surface area contributed by atoms with Crippen LogP contribution < -0.4 is 14.8 Å². The summed E-state index contributed by atoms with van der Waals surface area (Å²) in [6, 6.07) is 16.4. The molecular weight excluding hydrogens is 262 g/mol. The van der Waals surface area contributed by atoms with E-state index in [0.29, 0.717) is 0 Å². The summed E-state index contributed by atoms with van der Waals surface area (Å²) in [7, 11) is 1.67. The second-order valence-corrected chi connectivity index (χ2v) is 5.24. The van der Waals surface area contributed by atoms with Crippen LogP contribution in [-0.2, 0) is 13.1 Å². The number of benzene rings is 2. The molecule has 0 saturated heterocycles. The molecule has 3 heteroatoms. The van der Waals surface area contributed by atoms with Gasteiger partial charge in [0.05, 0.1) is 13.2 Å². The summed E-state index contributed by atoms with van der Waals surface area (Å²) < 4.78 is 11.1. The van der Waals surface area contributed by atoms with E-state index in [-0.39, 0.29) is 6.10 Å². The third kappa shape index (κ3) is 4.80. The maximum atomic E-state index is 5.72. The van der Waals surface area contributed by atoms with Gasteiger partial charge in [0, 0.05) is 13.1 Å². The molecule has 112 valence electrons. The predicted molar refractivity (Wildman–Crippen MR) is 85.7 cm³/mol. The van der Waals surface area contributed by atoms with Crippen molar-refractivity contribution in [1.29, 1.82) is 0 Å². The van der Waals surface area contributed by atoms with Crippen LogP contribution in [0.3, 0.4) is 0 Å². The van der Waals surface area contributed by atoms with Crippen molar-refractivity contribution in [2.75, 3.05) is 7.11 Å². The van der Waals surface area contributed by atoms with Crippen molar-refractivity contribution < 1.29 is 9.47 Å². The van der Waals surface area contributed by atoms with Gasteiger partial charge in [-0.05, 0) is 37.1 Å². The summed E-state index contributed by atoms with van der Waals surface area (Å²) in [5.74, 6) is 1.57. The molecule has 0 radical (unpaired) electrons. The van der Waals surface area contributed by atoms with Gasteiger partial charge in [0.15, 0.2) is 11.5 Å². The van der Waals surface area contributed by atoms with Crippen LogP contribution in [0.5, 0.6) is 11.5 Å². The van der Waals surface area contributed by atoms with Crippen molar-refractivity contribution in [2.45, 2.75) is 33.0 Å². The molecule has 1 N–H and O–H groups in total. The third-order valence-electron chi connectivity index (χ3n) is 3.09. The monoisotopic (exact) mass is 285 g/mol. The van der Waals surface area contributed by atoms with E-state index < -0.39 is 0 Å². The highest BCUT2D eigenvalue weighted by molar-refractivity contribution is 5.43. The van der Waals surface area contributed by atoms with Crippen LogP contribution in [0.25, 0.3) is 0 Å². The van der Waals surface area contributed by atoms with Crippen molar-refractivity contribution in [3.63, 3.8) is 0 Å². The summed E-state index contributed by atoms with van der Waals surface area (Å²) in [6.45, 7) is 5.67. The molecule has 2 aromatic carbocycles. The van der Waals surface area contributed by atoms with Gasteiger partial charge in [-0.15, -0.1) is 0 Å². The van der Waals surface area contributed by atoms with E-state index in [9.17, 15) is 0 Å². The smallest absolute Gasteiger partial charge is 0.161 e. The van der Waals surface area contributed by atoms with E-state index in [1.807, 2.05) is 32.0 Å². The topological polar surface area (TPSA) is 30.5 Å². The Morgan fingerprint density at radius 3 is 2.29 bits per heavy atom. The van der Waals surface area contributed by atoms with Crippen molar-refractivity contribution in [3.05, 3.63) is 59.7 Å². The van der Waals surface area contributed by atoms with Crippen molar-refractivity contribution in [3.8, 4) is 11.5 Å². The first-order valence-electron chi connectivity index (χ1n) is 7.27. The minimum atomic E-state index is 0.140. The Kier molecular flexibility index (Phi) is 5.64. The zero-order valence-electron chi connectivity index (χ0n) is 12.9. The number of nitrogens with one attached hydrogen (secondary N) is 1. The lowest BCUT2D eigenvalue weighted by molar-refractivity contribution is 0.230. The van der Waals surface area contributed by atoms with E-state index >= 15 is 0 Å². The highest BCUT2D eigenvalue weighted by atomic mass is 16.5. The molecule has 2 aromatic rings. The summed E-state index contributed by atoms with van der Waals surface area (Å²) >= 11 is 0. The molecule has 0 saturated carbocycles. The standard InChI is InChI=1S/C18H23NO2/c1-14(2)21-17-10-9-16(11-18(17)20-3)13-19-12-15-7-5-4-6-8-15/h4-11,14,19H,12-13H2,1-3H3. The largest absolute Gasteiger partial charge is 0.493 e. The van der Waals surface area contributed by atoms with Gasteiger partial charge in [-0.25, -0.2) is 0 Å². The molecule has 0 amide bonds. The molecular formula is C18H23NO2. The molecule has 2 rings (SSSR count). The predicted octanol–water partition coefficient (Wildman–Crippen LogP) is 3.77. The minimum Gasteiger partial charge on any atom is -0.493 e. The summed E-state index contributed by atoms with van der Waals surface area (Å²) in [5.41, 5.74) is 2.46. The van der Waals surface area contributed by atoms with E-state index in [4.69, 9.17) is 9.47 Å². The van der Waals surface area contributed by atoms with Gasteiger partial charge in [-0.3, -0.25) is 0 Å². The number of hydrogen-bond donors (Lipinski definition) is 1. The molecule has 3 nitrogen and oxygen atoms in total. The maximum Gasteiger partial charge on any atom is 0.161 e. The summed E-state index contributed by atoms with van der Waals surface area (Å²) in [6.07, 6.45) is 0.140. The molecule has 0 spiro atoms. The number of ether oxygens (including phenoxy) is 2. The number of hydrogen-bond acceptors (Lipinski definition) is 3. The van der Waals surface area contributed by atoms with Gasteiger partial charge in [0.2, 0.25) is 0 Å². The van der Waals surface area contributed by atoms with Gasteiger partial charge < -0.3 is 14.8 Å². The minimum absolute atomic E-state index is 0.140. The molecule has 0 fully saturated rings. The maximum absolute atomic E-state index is 5.72. The van der Waals surface area contributed by atoms with Crippen LogP contribution in [0.15, 0.2) is 48.5 Å². The van der Waals surface area contributed by atoms with Crippen molar-refractivity contribution in [2.24, 2.45) is 0 Å². The van der Waals surface area contributed by atoms with E-state index in [0.717, 1.165) is 24.6 Å². The van der Waals surface area contributed by atoms with Gasteiger partial charge in [-0.1, -0.05) is 36.4 Å². The molecule has 21 heavy (non-hydrogen) atoms. The van der Waals surface area contributed by atoms with Crippen LogP contribution in [0.4, 0.5) is 0 Å².